The summed E-state index contributed by atoms with van der Waals surface area (Å²) >= 11 is 0. The smallest absolute Gasteiger partial charge is 0.123 e. The number of imidazole rings is 1. The van der Waals surface area contributed by atoms with Crippen molar-refractivity contribution in [1.29, 1.82) is 0 Å². The molecule has 0 bridgehead atoms. The Morgan fingerprint density at radius 2 is 1.87 bits per heavy atom. The van der Waals surface area contributed by atoms with Gasteiger partial charge < -0.3 is 4.57 Å². The molecule has 2 aromatic heterocycles. The maximum Gasteiger partial charge on any atom is 0.123 e. The molecule has 0 spiro atoms. The molecule has 0 aliphatic rings. The molecule has 2 heterocycles. The summed E-state index contributed by atoms with van der Waals surface area (Å²) < 4.78 is 15.2. The number of aromatic amines is 1. The van der Waals surface area contributed by atoms with Gasteiger partial charge in [0.15, 0.2) is 0 Å². The number of rotatable bonds is 3. The van der Waals surface area contributed by atoms with Crippen molar-refractivity contribution in [2.45, 2.75) is 13.5 Å². The van der Waals surface area contributed by atoms with Gasteiger partial charge >= 0.3 is 0 Å². The van der Waals surface area contributed by atoms with Crippen LogP contribution in [0.15, 0.2) is 55.0 Å². The third-order valence-corrected chi connectivity index (χ3v) is 4.03. The highest BCUT2D eigenvalue weighted by molar-refractivity contribution is 5.86. The zero-order valence-corrected chi connectivity index (χ0v) is 12.6. The largest absolute Gasteiger partial charge is 0.331 e. The maximum absolute atomic E-state index is 13.1. The van der Waals surface area contributed by atoms with Crippen LogP contribution in [0.1, 0.15) is 6.92 Å². The Morgan fingerprint density at radius 3 is 2.65 bits per heavy atom. The van der Waals surface area contributed by atoms with Crippen LogP contribution in [-0.2, 0) is 6.54 Å². The number of hydrogen-bond acceptors (Lipinski definition) is 2. The second-order valence-electron chi connectivity index (χ2n) is 5.39. The summed E-state index contributed by atoms with van der Waals surface area (Å²) in [6.45, 7) is 2.99. The zero-order chi connectivity index (χ0) is 15.8. The van der Waals surface area contributed by atoms with E-state index in [4.69, 9.17) is 0 Å². The van der Waals surface area contributed by atoms with Gasteiger partial charge in [0.25, 0.3) is 0 Å². The van der Waals surface area contributed by atoms with Crippen LogP contribution in [0.5, 0.6) is 0 Å². The van der Waals surface area contributed by atoms with Crippen molar-refractivity contribution in [3.05, 3.63) is 60.8 Å². The molecule has 0 unspecified atom stereocenters. The predicted molar refractivity (Wildman–Crippen MR) is 88.4 cm³/mol. The van der Waals surface area contributed by atoms with E-state index in [9.17, 15) is 4.39 Å². The lowest BCUT2D eigenvalue weighted by Gasteiger charge is -2.04. The fourth-order valence-corrected chi connectivity index (χ4v) is 2.82. The molecule has 0 saturated heterocycles. The number of halogens is 1. The molecule has 4 rings (SSSR count). The van der Waals surface area contributed by atoms with Crippen LogP contribution in [0.2, 0.25) is 0 Å². The number of nitrogens with zero attached hydrogens (tertiary/aromatic N) is 3. The third kappa shape index (κ3) is 2.30. The first-order chi connectivity index (χ1) is 11.3. The number of aryl methyl sites for hydroxylation is 1. The van der Waals surface area contributed by atoms with E-state index in [0.29, 0.717) is 0 Å². The lowest BCUT2D eigenvalue weighted by molar-refractivity contribution is 0.628. The number of H-pyrrole nitrogens is 1. The first-order valence-corrected chi connectivity index (χ1v) is 7.51. The molecule has 114 valence electrons. The van der Waals surface area contributed by atoms with Gasteiger partial charge in [0.2, 0.25) is 0 Å². The Labute approximate surface area is 132 Å². The second kappa shape index (κ2) is 5.35. The number of nitrogens with one attached hydrogen (secondary N) is 1. The van der Waals surface area contributed by atoms with Crippen LogP contribution in [0.3, 0.4) is 0 Å². The van der Waals surface area contributed by atoms with E-state index in [1.54, 1.807) is 12.1 Å². The predicted octanol–water partition coefficient (Wildman–Crippen LogP) is 4.25. The molecule has 1 N–H and O–H groups in total. The molecule has 0 aliphatic carbocycles. The van der Waals surface area contributed by atoms with Gasteiger partial charge in [-0.05, 0) is 48.9 Å². The van der Waals surface area contributed by atoms with Crippen LogP contribution in [0.4, 0.5) is 4.39 Å². The highest BCUT2D eigenvalue weighted by Gasteiger charge is 2.12. The molecule has 5 heteroatoms. The Bertz CT molecular complexity index is 966. The molecule has 23 heavy (non-hydrogen) atoms. The molecule has 4 aromatic rings. The van der Waals surface area contributed by atoms with Crippen LogP contribution >= 0.6 is 0 Å². The summed E-state index contributed by atoms with van der Waals surface area (Å²) in [5.41, 5.74) is 5.76. The van der Waals surface area contributed by atoms with Crippen LogP contribution in [-0.4, -0.2) is 19.7 Å². The lowest BCUT2D eigenvalue weighted by Crippen LogP contribution is -1.90. The van der Waals surface area contributed by atoms with E-state index in [-0.39, 0.29) is 5.82 Å². The molecule has 0 amide bonds. The van der Waals surface area contributed by atoms with Gasteiger partial charge in [-0.2, -0.15) is 5.10 Å². The van der Waals surface area contributed by atoms with E-state index in [1.807, 2.05) is 12.5 Å². The normalized spacial score (nSPS) is 11.2. The average molecular weight is 306 g/mol. The van der Waals surface area contributed by atoms with Crippen LogP contribution in [0.25, 0.3) is 33.4 Å². The van der Waals surface area contributed by atoms with Crippen LogP contribution < -0.4 is 0 Å². The zero-order valence-electron chi connectivity index (χ0n) is 12.6. The molecule has 0 atom stereocenters. The number of fused-ring (bicyclic) bond motifs is 1. The summed E-state index contributed by atoms with van der Waals surface area (Å²) in [6.07, 6.45) is 3.71. The van der Waals surface area contributed by atoms with Crippen molar-refractivity contribution in [3.63, 3.8) is 0 Å². The average Bonchev–Trinajstić information content (AvgIpc) is 3.21. The van der Waals surface area contributed by atoms with Gasteiger partial charge in [-0.3, -0.25) is 5.10 Å². The highest BCUT2D eigenvalue weighted by Crippen LogP contribution is 2.31. The Balaban J connectivity index is 1.82. The molecular formula is C18H15FN4. The summed E-state index contributed by atoms with van der Waals surface area (Å²) in [7, 11) is 0. The van der Waals surface area contributed by atoms with Gasteiger partial charge in [0.05, 0.1) is 23.1 Å². The summed E-state index contributed by atoms with van der Waals surface area (Å²) in [4.78, 5) is 4.46. The second-order valence-corrected chi connectivity index (χ2v) is 5.39. The van der Waals surface area contributed by atoms with Crippen molar-refractivity contribution in [2.24, 2.45) is 0 Å². The minimum atomic E-state index is -0.252. The van der Waals surface area contributed by atoms with Gasteiger partial charge in [-0.25, -0.2) is 9.37 Å². The highest BCUT2D eigenvalue weighted by atomic mass is 19.1. The molecule has 2 aromatic carbocycles. The third-order valence-electron chi connectivity index (χ3n) is 4.03. The van der Waals surface area contributed by atoms with Gasteiger partial charge in [-0.1, -0.05) is 6.07 Å². The molecule has 0 aliphatic heterocycles. The summed E-state index contributed by atoms with van der Waals surface area (Å²) in [5.74, 6) is -0.252. The maximum atomic E-state index is 13.1. The van der Waals surface area contributed by atoms with Gasteiger partial charge in [0.1, 0.15) is 5.82 Å². The number of benzene rings is 2. The van der Waals surface area contributed by atoms with Crippen LogP contribution in [0, 0.1) is 5.82 Å². The molecule has 0 saturated carbocycles. The monoisotopic (exact) mass is 306 g/mol. The fourth-order valence-electron chi connectivity index (χ4n) is 2.82. The fraction of sp³-hybridized carbons (Fsp3) is 0.111. The van der Waals surface area contributed by atoms with Gasteiger partial charge in [0, 0.05) is 23.9 Å². The molecule has 4 nitrogen and oxygen atoms in total. The van der Waals surface area contributed by atoms with Crippen molar-refractivity contribution >= 4 is 11.0 Å². The SMILES string of the molecule is CCn1cnc2cc(-c3c[nH]nc3-c3ccc(F)cc3)ccc21. The van der Waals surface area contributed by atoms with E-state index >= 15 is 0 Å². The Morgan fingerprint density at radius 1 is 1.09 bits per heavy atom. The summed E-state index contributed by atoms with van der Waals surface area (Å²) in [5, 5.41) is 7.23. The van der Waals surface area contributed by atoms with Crippen molar-refractivity contribution in [1.82, 2.24) is 19.7 Å². The first-order valence-electron chi connectivity index (χ1n) is 7.51. The number of hydrogen-bond donors (Lipinski definition) is 1. The number of aromatic nitrogens is 4. The standard InChI is InChI=1S/C18H15FN4/c1-2-23-11-20-16-9-13(5-8-17(16)23)15-10-21-22-18(15)12-3-6-14(19)7-4-12/h3-11H,2H2,1H3,(H,21,22). The van der Waals surface area contributed by atoms with E-state index in [2.05, 4.69) is 44.9 Å². The Hall–Kier alpha value is -2.95. The van der Waals surface area contributed by atoms with E-state index < -0.39 is 0 Å². The molecule has 0 fully saturated rings. The first kappa shape index (κ1) is 13.7. The van der Waals surface area contributed by atoms with E-state index in [1.165, 1.54) is 12.1 Å². The van der Waals surface area contributed by atoms with Gasteiger partial charge in [-0.15, -0.1) is 0 Å². The minimum Gasteiger partial charge on any atom is -0.331 e. The minimum absolute atomic E-state index is 0.252. The van der Waals surface area contributed by atoms with Crippen molar-refractivity contribution in [3.8, 4) is 22.4 Å². The van der Waals surface area contributed by atoms with E-state index in [0.717, 1.165) is 40.0 Å². The molecule has 0 radical (unpaired) electrons. The Kier molecular flexibility index (Phi) is 3.19. The summed E-state index contributed by atoms with van der Waals surface area (Å²) in [6, 6.07) is 12.6. The van der Waals surface area contributed by atoms with Crippen molar-refractivity contribution in [2.75, 3.05) is 0 Å². The quantitative estimate of drug-likeness (QED) is 0.615. The lowest BCUT2D eigenvalue weighted by atomic mass is 10.0. The molecular weight excluding hydrogens is 291 g/mol. The van der Waals surface area contributed by atoms with Crippen molar-refractivity contribution < 1.29 is 4.39 Å². The topological polar surface area (TPSA) is 46.5 Å².